The molecular formula is C24H37O6P3. The fourth-order valence-electron chi connectivity index (χ4n) is 3.35. The molecule has 2 aromatic carbocycles. The first-order valence-corrected chi connectivity index (χ1v) is 17.2. The maximum absolute atomic E-state index is 14.1. The zero-order valence-corrected chi connectivity index (χ0v) is 22.6. The summed E-state index contributed by atoms with van der Waals surface area (Å²) < 4.78 is 59.8. The van der Waals surface area contributed by atoms with Crippen molar-refractivity contribution in [3.8, 4) is 0 Å². The van der Waals surface area contributed by atoms with Crippen molar-refractivity contribution in [1.82, 2.24) is 0 Å². The van der Waals surface area contributed by atoms with E-state index in [9.17, 15) is 13.7 Å². The highest BCUT2D eigenvalue weighted by molar-refractivity contribution is 7.86. The Labute approximate surface area is 198 Å². The minimum Gasteiger partial charge on any atom is -0.328 e. The van der Waals surface area contributed by atoms with Crippen LogP contribution in [-0.2, 0) is 27.3 Å². The van der Waals surface area contributed by atoms with Gasteiger partial charge in [-0.15, -0.1) is 0 Å². The summed E-state index contributed by atoms with van der Waals surface area (Å²) in [6, 6.07) is 17.6. The molecule has 2 rings (SSSR count). The van der Waals surface area contributed by atoms with Crippen LogP contribution in [0.15, 0.2) is 60.7 Å². The lowest BCUT2D eigenvalue weighted by Crippen LogP contribution is -2.16. The van der Waals surface area contributed by atoms with Gasteiger partial charge in [-0.25, -0.2) is 0 Å². The molecule has 0 N–H and O–H groups in total. The van der Waals surface area contributed by atoms with Gasteiger partial charge in [0.25, 0.3) is 0 Å². The van der Waals surface area contributed by atoms with Crippen LogP contribution in [0, 0.1) is 0 Å². The molecule has 0 spiro atoms. The maximum atomic E-state index is 14.1. The number of unbranched alkanes of at least 4 members (excludes halogenated alkanes) is 2. The average Bonchev–Trinajstić information content (AvgIpc) is 2.80. The van der Waals surface area contributed by atoms with E-state index >= 15 is 0 Å². The Hall–Kier alpha value is -0.990. The maximum Gasteiger partial charge on any atom is 0.241 e. The topological polar surface area (TPSA) is 78.9 Å². The van der Waals surface area contributed by atoms with Crippen molar-refractivity contribution in [2.45, 2.75) is 46.5 Å². The summed E-state index contributed by atoms with van der Waals surface area (Å²) in [5.74, 6) is -0.620. The largest absolute Gasteiger partial charge is 0.328 e. The average molecular weight is 514 g/mol. The summed E-state index contributed by atoms with van der Waals surface area (Å²) in [5.41, 5.74) is 0. The fraction of sp³-hybridized carbons (Fsp3) is 0.500. The molecule has 2 unspecified atom stereocenters. The highest BCUT2D eigenvalue weighted by Crippen LogP contribution is 2.69. The minimum atomic E-state index is -3.67. The molecule has 0 aromatic heterocycles. The van der Waals surface area contributed by atoms with Crippen LogP contribution < -0.4 is 10.6 Å². The monoisotopic (exact) mass is 514 g/mol. The van der Waals surface area contributed by atoms with Crippen molar-refractivity contribution < 1.29 is 27.3 Å². The molecule has 2 aromatic rings. The number of benzene rings is 2. The first kappa shape index (κ1) is 28.2. The van der Waals surface area contributed by atoms with Gasteiger partial charge in [-0.2, -0.15) is 0 Å². The van der Waals surface area contributed by atoms with Crippen LogP contribution in [0.2, 0.25) is 0 Å². The van der Waals surface area contributed by atoms with Gasteiger partial charge < -0.3 is 13.6 Å². The zero-order chi connectivity index (χ0) is 24.2. The molecule has 0 aliphatic rings. The van der Waals surface area contributed by atoms with E-state index in [1.807, 2.05) is 26.0 Å². The lowest BCUT2D eigenvalue weighted by molar-refractivity contribution is 0.306. The van der Waals surface area contributed by atoms with Gasteiger partial charge in [0.05, 0.1) is 19.8 Å². The first-order valence-electron chi connectivity index (χ1n) is 11.6. The van der Waals surface area contributed by atoms with Gasteiger partial charge in [0.15, 0.2) is 0 Å². The summed E-state index contributed by atoms with van der Waals surface area (Å²) in [7, 11) is -10.7. The van der Waals surface area contributed by atoms with E-state index in [1.165, 1.54) is 0 Å². The standard InChI is InChI=1S/C24H37O6P3/c1-4-7-19-29-32(26,23-15-11-9-12-16-23)21-31(25,28-6-3)22-33(27,30-20-8-5-2)24-17-13-10-14-18-24/h9-18H,4-8,19-22H2,1-3H3. The SMILES string of the molecule is CCCCOP(=O)(CP(=O)(CP(=O)(OCCCC)c1ccccc1)OCC)c1ccccc1. The van der Waals surface area contributed by atoms with Crippen molar-refractivity contribution in [1.29, 1.82) is 0 Å². The number of hydrogen-bond acceptors (Lipinski definition) is 6. The number of hydrogen-bond donors (Lipinski definition) is 0. The Morgan fingerprint density at radius 1 is 0.606 bits per heavy atom. The van der Waals surface area contributed by atoms with Gasteiger partial charge in [-0.05, 0) is 44.0 Å². The predicted molar refractivity (Wildman–Crippen MR) is 138 cm³/mol. The molecule has 9 heteroatoms. The second-order valence-corrected chi connectivity index (χ2v) is 16.3. The Balaban J connectivity index is 2.42. The summed E-state index contributed by atoms with van der Waals surface area (Å²) in [6.07, 6.45) is 3.23. The first-order chi connectivity index (χ1) is 15.8. The fourth-order valence-corrected chi connectivity index (χ4v) is 14.5. The van der Waals surface area contributed by atoms with Gasteiger partial charge in [-0.3, -0.25) is 13.7 Å². The quantitative estimate of drug-likeness (QED) is 0.176. The summed E-state index contributed by atoms with van der Waals surface area (Å²) in [5, 5.41) is 0.977. The van der Waals surface area contributed by atoms with E-state index in [0.29, 0.717) is 10.6 Å². The Morgan fingerprint density at radius 3 is 1.33 bits per heavy atom. The Bertz CT molecular complexity index is 891. The predicted octanol–water partition coefficient (Wildman–Crippen LogP) is 7.06. The molecule has 0 aliphatic carbocycles. The van der Waals surface area contributed by atoms with Crippen LogP contribution in [-0.4, -0.2) is 31.6 Å². The summed E-state index contributed by atoms with van der Waals surface area (Å²) in [4.78, 5) is 0. The van der Waals surface area contributed by atoms with Gasteiger partial charge in [0, 0.05) is 10.6 Å². The second kappa shape index (κ2) is 13.8. The van der Waals surface area contributed by atoms with Crippen molar-refractivity contribution in [3.05, 3.63) is 60.7 Å². The molecule has 0 heterocycles. The minimum absolute atomic E-state index is 0.144. The molecule has 0 amide bonds. The molecule has 6 nitrogen and oxygen atoms in total. The summed E-state index contributed by atoms with van der Waals surface area (Å²) >= 11 is 0. The van der Waals surface area contributed by atoms with Crippen molar-refractivity contribution in [2.75, 3.05) is 31.6 Å². The third kappa shape index (κ3) is 8.62. The highest BCUT2D eigenvalue weighted by atomic mass is 31.3. The molecule has 184 valence electrons. The van der Waals surface area contributed by atoms with E-state index in [2.05, 4.69) is 0 Å². The van der Waals surface area contributed by atoms with Crippen molar-refractivity contribution in [2.24, 2.45) is 0 Å². The zero-order valence-electron chi connectivity index (χ0n) is 19.9. The van der Waals surface area contributed by atoms with Crippen LogP contribution in [0.5, 0.6) is 0 Å². The van der Waals surface area contributed by atoms with Crippen molar-refractivity contribution in [3.63, 3.8) is 0 Å². The smallest absolute Gasteiger partial charge is 0.241 e. The molecule has 0 aliphatic heterocycles. The van der Waals surface area contributed by atoms with E-state index < -0.39 is 22.1 Å². The van der Waals surface area contributed by atoms with E-state index in [1.54, 1.807) is 55.5 Å². The summed E-state index contributed by atoms with van der Waals surface area (Å²) in [6.45, 7) is 6.49. The van der Waals surface area contributed by atoms with Crippen molar-refractivity contribution >= 4 is 32.7 Å². The van der Waals surface area contributed by atoms with E-state index in [0.717, 1.165) is 25.7 Å². The van der Waals surface area contributed by atoms with Crippen LogP contribution in [0.3, 0.4) is 0 Å². The highest BCUT2D eigenvalue weighted by Gasteiger charge is 2.43. The Morgan fingerprint density at radius 2 is 1.00 bits per heavy atom. The third-order valence-electron chi connectivity index (χ3n) is 5.06. The molecule has 0 radical (unpaired) electrons. The molecule has 2 atom stereocenters. The van der Waals surface area contributed by atoms with Gasteiger partial charge >= 0.3 is 0 Å². The van der Waals surface area contributed by atoms with Crippen LogP contribution >= 0.6 is 22.1 Å². The van der Waals surface area contributed by atoms with Crippen LogP contribution in [0.4, 0.5) is 0 Å². The molecule has 0 saturated heterocycles. The lowest BCUT2D eigenvalue weighted by atomic mass is 10.4. The Kier molecular flexibility index (Phi) is 11.8. The van der Waals surface area contributed by atoms with E-state index in [4.69, 9.17) is 13.6 Å². The molecular weight excluding hydrogens is 477 g/mol. The normalized spacial score (nSPS) is 17.1. The molecule has 33 heavy (non-hydrogen) atoms. The molecule has 0 saturated carbocycles. The van der Waals surface area contributed by atoms with E-state index in [-0.39, 0.29) is 31.6 Å². The van der Waals surface area contributed by atoms with Crippen LogP contribution in [0.25, 0.3) is 0 Å². The molecule has 0 bridgehead atoms. The van der Waals surface area contributed by atoms with Gasteiger partial charge in [-0.1, -0.05) is 63.1 Å². The lowest BCUT2D eigenvalue weighted by Gasteiger charge is -2.28. The van der Waals surface area contributed by atoms with Gasteiger partial charge in [0.1, 0.15) is 11.8 Å². The second-order valence-electron chi connectivity index (χ2n) is 7.91. The molecule has 0 fully saturated rings. The van der Waals surface area contributed by atoms with Crippen LogP contribution in [0.1, 0.15) is 46.5 Å². The number of rotatable bonds is 16. The third-order valence-corrected chi connectivity index (χ3v) is 15.6. The van der Waals surface area contributed by atoms with Gasteiger partial charge in [0.2, 0.25) is 22.1 Å².